The molecule has 0 atom stereocenters. The smallest absolute Gasteiger partial charge is 0.303 e. The second-order valence-corrected chi connectivity index (χ2v) is 7.72. The minimum absolute atomic E-state index is 0.207. The van der Waals surface area contributed by atoms with Gasteiger partial charge in [0.1, 0.15) is 0 Å². The molecule has 1 fully saturated rings. The first-order valence-electron chi connectivity index (χ1n) is 7.02. The van der Waals surface area contributed by atoms with Crippen molar-refractivity contribution in [1.29, 1.82) is 0 Å². The van der Waals surface area contributed by atoms with E-state index in [0.717, 1.165) is 0 Å². The Kier molecular flexibility index (Phi) is 3.73. The van der Waals surface area contributed by atoms with Crippen LogP contribution >= 0.6 is 11.7 Å². The fourth-order valence-corrected chi connectivity index (χ4v) is 3.60. The lowest BCUT2D eigenvalue weighted by atomic mass is 9.88. The Bertz CT molecular complexity index is 369. The topological polar surface area (TPSA) is 16.3 Å². The lowest BCUT2D eigenvalue weighted by Crippen LogP contribution is -2.53. The van der Waals surface area contributed by atoms with Crippen molar-refractivity contribution in [2.45, 2.75) is 66.1 Å². The monoisotopic (exact) mass is 270 g/mol. The molecule has 1 aromatic rings. The Balaban J connectivity index is 2.22. The Morgan fingerprint density at radius 2 is 1.39 bits per heavy atom. The van der Waals surface area contributed by atoms with E-state index < -0.39 is 0 Å². The molecule has 6 heteroatoms. The number of nitrogens with zero attached hydrogens (tertiary/aromatic N) is 4. The molecule has 0 unspecified atom stereocenters. The quantitative estimate of drug-likeness (QED) is 0.784. The summed E-state index contributed by atoms with van der Waals surface area (Å²) in [5.74, 6) is 0. The highest BCUT2D eigenvalue weighted by Gasteiger charge is 2.46. The highest BCUT2D eigenvalue weighted by molar-refractivity contribution is 7.09. The highest BCUT2D eigenvalue weighted by Crippen LogP contribution is 2.29. The molecule has 0 bridgehead atoms. The van der Waals surface area contributed by atoms with Crippen LogP contribution in [0.3, 0.4) is 0 Å². The molecule has 0 aromatic carbocycles. The molecule has 4 nitrogen and oxygen atoms in total. The minimum Gasteiger partial charge on any atom is -0.303 e. The van der Waals surface area contributed by atoms with Gasteiger partial charge in [-0.2, -0.15) is 0 Å². The van der Waals surface area contributed by atoms with Crippen LogP contribution < -0.4 is 0 Å². The molecule has 1 aromatic heterocycles. The maximum Gasteiger partial charge on any atom is 0.471 e. The molecule has 0 N–H and O–H groups in total. The van der Waals surface area contributed by atoms with Gasteiger partial charge < -0.3 is 9.62 Å². The zero-order chi connectivity index (χ0) is 13.7. The number of aromatic nitrogens is 2. The molecule has 104 valence electrons. The van der Waals surface area contributed by atoms with Gasteiger partial charge in [0, 0.05) is 24.8 Å². The van der Waals surface area contributed by atoms with Gasteiger partial charge >= 0.3 is 7.12 Å². The van der Waals surface area contributed by atoms with E-state index in [9.17, 15) is 0 Å². The maximum absolute atomic E-state index is 2.60. The van der Waals surface area contributed by atoms with Crippen LogP contribution in [0, 0.1) is 0 Å². The van der Waals surface area contributed by atoms with Crippen LogP contribution in [0.1, 0.15) is 48.5 Å². The van der Waals surface area contributed by atoms with Crippen molar-refractivity contribution in [3.05, 3.63) is 0 Å². The summed E-state index contributed by atoms with van der Waals surface area (Å²) in [5.41, 5.74) is 0.207. The zero-order valence-corrected chi connectivity index (χ0v) is 13.7. The molecular weight excluding hydrogens is 243 g/mol. The molecular formula is C12H27BN4S. The molecule has 2 rings (SSSR count). The molecule has 0 saturated carbocycles. The third kappa shape index (κ3) is 2.56. The van der Waals surface area contributed by atoms with Crippen molar-refractivity contribution < 1.29 is 0 Å². The number of hydrogen-bond acceptors (Lipinski definition) is 3. The van der Waals surface area contributed by atoms with Gasteiger partial charge in [-0.1, -0.05) is 27.7 Å². The van der Waals surface area contributed by atoms with Gasteiger partial charge in [-0.25, -0.2) is 8.05 Å². The molecule has 1 saturated heterocycles. The van der Waals surface area contributed by atoms with E-state index in [-0.39, 0.29) is 5.54 Å². The van der Waals surface area contributed by atoms with Crippen molar-refractivity contribution in [2.24, 2.45) is 0 Å². The van der Waals surface area contributed by atoms with Crippen molar-refractivity contribution >= 4 is 18.8 Å². The molecule has 1 aliphatic heterocycles. The average molecular weight is 270 g/mol. The van der Waals surface area contributed by atoms with Crippen molar-refractivity contribution in [1.82, 2.24) is 17.7 Å². The fourth-order valence-electron chi connectivity index (χ4n) is 2.57. The van der Waals surface area contributed by atoms with E-state index in [1.165, 1.54) is 13.1 Å². The molecule has 1 aliphatic rings. The summed E-state index contributed by atoms with van der Waals surface area (Å²) in [6.45, 7) is 18.4. The lowest BCUT2D eigenvalue weighted by Gasteiger charge is -2.29. The van der Waals surface area contributed by atoms with Crippen molar-refractivity contribution in [3.8, 4) is 0 Å². The second kappa shape index (κ2) is 4.73. The summed E-state index contributed by atoms with van der Waals surface area (Å²) in [6, 6.07) is 1.20. The van der Waals surface area contributed by atoms with E-state index in [2.05, 4.69) is 66.1 Å². The van der Waals surface area contributed by atoms with Gasteiger partial charge in [0.2, 0.25) is 0 Å². The van der Waals surface area contributed by atoms with E-state index >= 15 is 0 Å². The Morgan fingerprint density at radius 1 is 0.944 bits per heavy atom. The zero-order valence-electron chi connectivity index (χ0n) is 12.8. The molecule has 0 amide bonds. The van der Waals surface area contributed by atoms with Crippen LogP contribution in [0.5, 0.6) is 0 Å². The predicted molar refractivity (Wildman–Crippen MR) is 80.1 cm³/mol. The van der Waals surface area contributed by atoms with Crippen LogP contribution in [0.2, 0.25) is 0 Å². The number of hydrogen-bond donors (Lipinski definition) is 0. The van der Waals surface area contributed by atoms with Gasteiger partial charge in [0.15, 0.2) is 0 Å². The van der Waals surface area contributed by atoms with E-state index in [1.54, 1.807) is 0 Å². The largest absolute Gasteiger partial charge is 0.471 e. The van der Waals surface area contributed by atoms with Gasteiger partial charge in [0.25, 0.3) is 0 Å². The lowest BCUT2D eigenvalue weighted by molar-refractivity contribution is 0.360. The SMILES string of the molecule is CC(C)N1CCN(C(C)C)B1n1sn1C(C)(C)C. The molecule has 0 spiro atoms. The first kappa shape index (κ1) is 14.2. The first-order valence-corrected chi connectivity index (χ1v) is 7.75. The summed E-state index contributed by atoms with van der Waals surface area (Å²) in [5, 5.41) is 0. The summed E-state index contributed by atoms with van der Waals surface area (Å²) < 4.78 is 4.83. The predicted octanol–water partition coefficient (Wildman–Crippen LogP) is 2.37. The van der Waals surface area contributed by atoms with Crippen LogP contribution in [-0.4, -0.2) is 50.0 Å². The Morgan fingerprint density at radius 3 is 1.67 bits per heavy atom. The summed E-state index contributed by atoms with van der Waals surface area (Å²) in [7, 11) is 0.425. The van der Waals surface area contributed by atoms with Crippen LogP contribution in [0.4, 0.5) is 0 Å². The Labute approximate surface area is 116 Å². The molecule has 2 heterocycles. The summed E-state index contributed by atoms with van der Waals surface area (Å²) >= 11 is 1.87. The average Bonchev–Trinajstić information content (AvgIpc) is 2.89. The molecule has 18 heavy (non-hydrogen) atoms. The summed E-state index contributed by atoms with van der Waals surface area (Å²) in [6.07, 6.45) is 0. The normalized spacial score (nSPS) is 19.9. The van der Waals surface area contributed by atoms with Crippen LogP contribution in [-0.2, 0) is 5.54 Å². The standard InChI is InChI=1S/C12H27BN4S/c1-10(2)14-8-9-15(11(3)4)13(14)17-16(18-17)12(5,6)7/h10-11H,8-9H2,1-7H3. The fraction of sp³-hybridized carbons (Fsp3) is 1.00. The van der Waals surface area contributed by atoms with Crippen molar-refractivity contribution in [2.75, 3.05) is 13.1 Å². The van der Waals surface area contributed by atoms with E-state index in [1.807, 2.05) is 11.7 Å². The Hall–Kier alpha value is -0.195. The second-order valence-electron chi connectivity index (χ2n) is 6.84. The van der Waals surface area contributed by atoms with Gasteiger partial charge in [-0.15, -0.1) is 0 Å². The van der Waals surface area contributed by atoms with Gasteiger partial charge in [-0.3, -0.25) is 0 Å². The molecule has 0 aliphatic carbocycles. The first-order chi connectivity index (χ1) is 8.23. The third-order valence-electron chi connectivity index (χ3n) is 3.62. The van der Waals surface area contributed by atoms with E-state index in [0.29, 0.717) is 19.2 Å². The third-order valence-corrected chi connectivity index (χ3v) is 4.87. The summed E-state index contributed by atoms with van der Waals surface area (Å²) in [4.78, 5) is 5.19. The number of rotatable bonds is 3. The minimum atomic E-state index is 0.207. The highest BCUT2D eigenvalue weighted by atomic mass is 32.1. The van der Waals surface area contributed by atoms with Gasteiger partial charge in [-0.05, 0) is 32.9 Å². The van der Waals surface area contributed by atoms with Crippen LogP contribution in [0.25, 0.3) is 0 Å². The maximum atomic E-state index is 2.60. The van der Waals surface area contributed by atoms with Crippen molar-refractivity contribution in [3.63, 3.8) is 0 Å². The van der Waals surface area contributed by atoms with E-state index in [4.69, 9.17) is 0 Å². The molecule has 0 radical (unpaired) electrons. The van der Waals surface area contributed by atoms with Crippen LogP contribution in [0.15, 0.2) is 0 Å². The van der Waals surface area contributed by atoms with Gasteiger partial charge in [0.05, 0.1) is 5.54 Å².